The van der Waals surface area contributed by atoms with Crippen LogP contribution in [0.3, 0.4) is 0 Å². The van der Waals surface area contributed by atoms with Gasteiger partial charge in [-0.15, -0.1) is 0 Å². The molecule has 1 aromatic heterocycles. The summed E-state index contributed by atoms with van der Waals surface area (Å²) in [6.45, 7) is 4.63. The highest BCUT2D eigenvalue weighted by atomic mass is 16.6. The molecule has 1 rings (SSSR count). The highest BCUT2D eigenvalue weighted by molar-refractivity contribution is 5.61. The third kappa shape index (κ3) is 2.55. The number of aryl methyl sites for hydroxylation is 2. The Morgan fingerprint density at radius 1 is 1.53 bits per heavy atom. The van der Waals surface area contributed by atoms with Gasteiger partial charge >= 0.3 is 5.69 Å². The molecule has 0 radical (unpaired) electrons. The molecule has 1 aromatic rings. The summed E-state index contributed by atoms with van der Waals surface area (Å²) in [5, 5.41) is 24.2. The Bertz CT molecular complexity index is 403. The predicted octanol–water partition coefficient (Wildman–Crippen LogP) is 0.709. The third-order valence-electron chi connectivity index (χ3n) is 2.63. The molecule has 0 unspecified atom stereocenters. The average molecular weight is 242 g/mol. The van der Waals surface area contributed by atoms with Crippen LogP contribution < -0.4 is 4.90 Å². The second-order valence-corrected chi connectivity index (χ2v) is 3.66. The van der Waals surface area contributed by atoms with Crippen LogP contribution in [-0.4, -0.2) is 39.5 Å². The maximum atomic E-state index is 11.1. The van der Waals surface area contributed by atoms with E-state index in [0.29, 0.717) is 31.0 Å². The van der Waals surface area contributed by atoms with Crippen LogP contribution >= 0.6 is 0 Å². The fraction of sp³-hybridized carbons (Fsp3) is 0.700. The van der Waals surface area contributed by atoms with E-state index in [1.165, 1.54) is 4.68 Å². The van der Waals surface area contributed by atoms with Crippen molar-refractivity contribution in [3.63, 3.8) is 0 Å². The fourth-order valence-corrected chi connectivity index (χ4v) is 1.87. The molecule has 0 amide bonds. The van der Waals surface area contributed by atoms with Gasteiger partial charge in [0.1, 0.15) is 5.69 Å². The van der Waals surface area contributed by atoms with Crippen LogP contribution in [0, 0.1) is 10.1 Å². The van der Waals surface area contributed by atoms with Crippen molar-refractivity contribution in [3.05, 3.63) is 15.8 Å². The molecular formula is C10H18N4O3. The van der Waals surface area contributed by atoms with Crippen LogP contribution in [-0.2, 0) is 13.5 Å². The van der Waals surface area contributed by atoms with Gasteiger partial charge in [-0.25, -0.2) is 4.68 Å². The van der Waals surface area contributed by atoms with E-state index in [2.05, 4.69) is 5.10 Å². The first-order chi connectivity index (χ1) is 8.06. The van der Waals surface area contributed by atoms with Crippen molar-refractivity contribution in [2.75, 3.05) is 24.6 Å². The summed E-state index contributed by atoms with van der Waals surface area (Å²) in [4.78, 5) is 12.5. The Morgan fingerprint density at radius 3 is 2.59 bits per heavy atom. The number of nitrogens with zero attached hydrogens (tertiary/aromatic N) is 4. The number of hydrogen-bond donors (Lipinski definition) is 1. The molecule has 0 atom stereocenters. The number of aliphatic hydroxyl groups excluding tert-OH is 1. The lowest BCUT2D eigenvalue weighted by atomic mass is 10.3. The lowest BCUT2D eigenvalue weighted by Crippen LogP contribution is -2.28. The van der Waals surface area contributed by atoms with E-state index in [4.69, 9.17) is 5.11 Å². The minimum Gasteiger partial charge on any atom is -0.395 e. The summed E-state index contributed by atoms with van der Waals surface area (Å²) in [5.74, 6) is 0.461. The number of aliphatic hydroxyl groups is 1. The number of nitro groups is 1. The number of rotatable bonds is 6. The van der Waals surface area contributed by atoms with Gasteiger partial charge in [0, 0.05) is 20.1 Å². The van der Waals surface area contributed by atoms with Crippen LogP contribution in [0.4, 0.5) is 11.5 Å². The Kier molecular flexibility index (Phi) is 4.45. The van der Waals surface area contributed by atoms with E-state index in [9.17, 15) is 10.1 Å². The van der Waals surface area contributed by atoms with Gasteiger partial charge in [-0.1, -0.05) is 6.92 Å². The number of likely N-dealkylation sites (N-methyl/N-ethyl adjacent to an activating group) is 1. The molecule has 0 bridgehead atoms. The Balaban J connectivity index is 3.29. The molecule has 0 aliphatic heterocycles. The second kappa shape index (κ2) is 5.62. The zero-order valence-corrected chi connectivity index (χ0v) is 10.4. The van der Waals surface area contributed by atoms with E-state index in [0.717, 1.165) is 0 Å². The molecule has 7 heteroatoms. The fourth-order valence-electron chi connectivity index (χ4n) is 1.87. The van der Waals surface area contributed by atoms with Crippen LogP contribution in [0.2, 0.25) is 0 Å². The van der Waals surface area contributed by atoms with Gasteiger partial charge in [0.05, 0.1) is 11.5 Å². The zero-order valence-electron chi connectivity index (χ0n) is 10.4. The molecule has 0 aliphatic carbocycles. The lowest BCUT2D eigenvalue weighted by molar-refractivity contribution is -0.384. The van der Waals surface area contributed by atoms with E-state index >= 15 is 0 Å². The highest BCUT2D eigenvalue weighted by Gasteiger charge is 2.28. The van der Waals surface area contributed by atoms with Crippen LogP contribution in [0.5, 0.6) is 0 Å². The number of aromatic nitrogens is 2. The molecule has 1 heterocycles. The first-order valence-electron chi connectivity index (χ1n) is 5.62. The zero-order chi connectivity index (χ0) is 13.0. The van der Waals surface area contributed by atoms with E-state index < -0.39 is 4.92 Å². The summed E-state index contributed by atoms with van der Waals surface area (Å²) in [6, 6.07) is 0. The Morgan fingerprint density at radius 2 is 2.18 bits per heavy atom. The van der Waals surface area contributed by atoms with Gasteiger partial charge in [-0.2, -0.15) is 5.10 Å². The monoisotopic (exact) mass is 242 g/mol. The maximum Gasteiger partial charge on any atom is 0.334 e. The lowest BCUT2D eigenvalue weighted by Gasteiger charge is -2.20. The summed E-state index contributed by atoms with van der Waals surface area (Å²) in [5.41, 5.74) is 0.522. The summed E-state index contributed by atoms with van der Waals surface area (Å²) in [7, 11) is 1.68. The average Bonchev–Trinajstić information content (AvgIpc) is 2.63. The SMILES string of the molecule is CCc1nn(C)c(N(CC)CCO)c1[N+](=O)[O-]. The topological polar surface area (TPSA) is 84.4 Å². The number of anilines is 1. The molecule has 1 N–H and O–H groups in total. The largest absolute Gasteiger partial charge is 0.395 e. The van der Waals surface area contributed by atoms with Gasteiger partial charge in [0.2, 0.25) is 5.82 Å². The quantitative estimate of drug-likeness (QED) is 0.586. The molecule has 17 heavy (non-hydrogen) atoms. The third-order valence-corrected chi connectivity index (χ3v) is 2.63. The van der Waals surface area contributed by atoms with E-state index in [1.54, 1.807) is 11.9 Å². The molecule has 96 valence electrons. The smallest absolute Gasteiger partial charge is 0.334 e. The first-order valence-corrected chi connectivity index (χ1v) is 5.62. The van der Waals surface area contributed by atoms with Crippen molar-refractivity contribution in [1.82, 2.24) is 9.78 Å². The standard InChI is InChI=1S/C10H18N4O3/c1-4-8-9(14(16)17)10(12(3)11-8)13(5-2)6-7-15/h15H,4-7H2,1-3H3. The molecular weight excluding hydrogens is 224 g/mol. The Labute approximate surface area is 99.8 Å². The minimum absolute atomic E-state index is 0.0440. The van der Waals surface area contributed by atoms with Crippen molar-refractivity contribution < 1.29 is 10.0 Å². The summed E-state index contributed by atoms with van der Waals surface area (Å²) in [6.07, 6.45) is 0.515. The molecule has 0 saturated carbocycles. The van der Waals surface area contributed by atoms with Crippen molar-refractivity contribution in [2.24, 2.45) is 7.05 Å². The molecule has 0 aliphatic rings. The van der Waals surface area contributed by atoms with Gasteiger partial charge in [0.25, 0.3) is 0 Å². The van der Waals surface area contributed by atoms with Crippen molar-refractivity contribution >= 4 is 11.5 Å². The van der Waals surface area contributed by atoms with Gasteiger partial charge < -0.3 is 10.0 Å². The molecule has 0 spiro atoms. The normalized spacial score (nSPS) is 10.6. The van der Waals surface area contributed by atoms with Crippen LogP contribution in [0.1, 0.15) is 19.5 Å². The predicted molar refractivity (Wildman–Crippen MR) is 64.2 cm³/mol. The number of hydrogen-bond acceptors (Lipinski definition) is 5. The molecule has 0 aromatic carbocycles. The van der Waals surface area contributed by atoms with Crippen LogP contribution in [0.15, 0.2) is 0 Å². The van der Waals surface area contributed by atoms with Crippen molar-refractivity contribution in [1.29, 1.82) is 0 Å². The van der Waals surface area contributed by atoms with Crippen molar-refractivity contribution in [3.8, 4) is 0 Å². The molecule has 7 nitrogen and oxygen atoms in total. The minimum atomic E-state index is -0.402. The van der Waals surface area contributed by atoms with Crippen LogP contribution in [0.25, 0.3) is 0 Å². The maximum absolute atomic E-state index is 11.1. The molecule has 0 saturated heterocycles. The Hall–Kier alpha value is -1.63. The van der Waals surface area contributed by atoms with E-state index in [-0.39, 0.29) is 12.3 Å². The van der Waals surface area contributed by atoms with Gasteiger partial charge in [0.15, 0.2) is 0 Å². The van der Waals surface area contributed by atoms with E-state index in [1.807, 2.05) is 13.8 Å². The van der Waals surface area contributed by atoms with Gasteiger partial charge in [-0.05, 0) is 13.3 Å². The first kappa shape index (κ1) is 13.4. The van der Waals surface area contributed by atoms with Crippen molar-refractivity contribution in [2.45, 2.75) is 20.3 Å². The van der Waals surface area contributed by atoms with Gasteiger partial charge in [-0.3, -0.25) is 10.1 Å². The summed E-state index contributed by atoms with van der Waals surface area (Å²) < 4.78 is 1.51. The highest BCUT2D eigenvalue weighted by Crippen LogP contribution is 2.31. The molecule has 0 fully saturated rings. The summed E-state index contributed by atoms with van der Waals surface area (Å²) >= 11 is 0. The second-order valence-electron chi connectivity index (χ2n) is 3.66.